The van der Waals surface area contributed by atoms with Gasteiger partial charge in [-0.3, -0.25) is 0 Å². The predicted molar refractivity (Wildman–Crippen MR) is 74.1 cm³/mol. The maximum Gasteiger partial charge on any atom is 0.174 e. The first-order valence-corrected chi connectivity index (χ1v) is 6.66. The predicted octanol–water partition coefficient (Wildman–Crippen LogP) is 3.29. The van der Waals surface area contributed by atoms with Gasteiger partial charge in [0, 0.05) is 18.6 Å². The molecule has 0 atom stereocenters. The number of aryl methyl sites for hydroxylation is 1. The second-order valence-corrected chi connectivity index (χ2v) is 4.86. The maximum absolute atomic E-state index is 5.68. The van der Waals surface area contributed by atoms with Crippen molar-refractivity contribution in [3.63, 3.8) is 0 Å². The molecule has 3 heterocycles. The first-order chi connectivity index (χ1) is 9.79. The summed E-state index contributed by atoms with van der Waals surface area (Å²) in [7, 11) is 0. The lowest BCUT2D eigenvalue weighted by Crippen LogP contribution is -1.97. The van der Waals surface area contributed by atoms with Gasteiger partial charge in [-0.25, -0.2) is 4.98 Å². The van der Waals surface area contributed by atoms with Crippen LogP contribution in [0, 0.1) is 6.92 Å². The molecule has 102 valence electrons. The Labute approximate surface area is 115 Å². The van der Waals surface area contributed by atoms with Crippen LogP contribution in [0.15, 0.2) is 28.7 Å². The second-order valence-electron chi connectivity index (χ2n) is 4.86. The van der Waals surface area contributed by atoms with Crippen LogP contribution in [0.1, 0.15) is 12.2 Å². The largest absolute Gasteiger partial charge is 0.489 e. The Morgan fingerprint density at radius 1 is 1.10 bits per heavy atom. The van der Waals surface area contributed by atoms with Crippen LogP contribution in [-0.2, 0) is 0 Å². The van der Waals surface area contributed by atoms with Gasteiger partial charge in [-0.15, -0.1) is 0 Å². The molecule has 0 saturated heterocycles. The Morgan fingerprint density at radius 2 is 1.90 bits per heavy atom. The van der Waals surface area contributed by atoms with Crippen molar-refractivity contribution in [3.8, 4) is 23.1 Å². The first kappa shape index (κ1) is 11.4. The number of furan rings is 1. The van der Waals surface area contributed by atoms with E-state index in [1.807, 2.05) is 31.2 Å². The van der Waals surface area contributed by atoms with Crippen molar-refractivity contribution < 1.29 is 13.9 Å². The van der Waals surface area contributed by atoms with Crippen LogP contribution in [0.5, 0.6) is 11.5 Å². The summed E-state index contributed by atoms with van der Waals surface area (Å²) in [5.41, 5.74) is 1.76. The molecule has 4 rings (SSSR count). The van der Waals surface area contributed by atoms with E-state index in [-0.39, 0.29) is 0 Å². The van der Waals surface area contributed by atoms with E-state index in [1.165, 1.54) is 0 Å². The van der Waals surface area contributed by atoms with Gasteiger partial charge >= 0.3 is 0 Å². The van der Waals surface area contributed by atoms with E-state index >= 15 is 0 Å². The summed E-state index contributed by atoms with van der Waals surface area (Å²) in [5.74, 6) is 3.83. The molecule has 5 heteroatoms. The highest BCUT2D eigenvalue weighted by atomic mass is 16.5. The number of hydrogen-bond donors (Lipinski definition) is 1. The van der Waals surface area contributed by atoms with Crippen LogP contribution >= 0.6 is 0 Å². The Kier molecular flexibility index (Phi) is 2.45. The molecule has 3 aromatic rings. The number of rotatable bonds is 1. The van der Waals surface area contributed by atoms with E-state index in [1.54, 1.807) is 0 Å². The van der Waals surface area contributed by atoms with Gasteiger partial charge < -0.3 is 18.9 Å². The standard InChI is InChI=1S/C15H14N2O3/c1-9-3-4-12(20-9)15-16-10-7-13-14(8-11(10)17-15)19-6-2-5-18-13/h3-4,7-8H,2,5-6H2,1H3,(H,16,17). The van der Waals surface area contributed by atoms with Gasteiger partial charge in [-0.2, -0.15) is 0 Å². The third-order valence-electron chi connectivity index (χ3n) is 3.32. The molecule has 0 amide bonds. The highest BCUT2D eigenvalue weighted by molar-refractivity contribution is 5.82. The van der Waals surface area contributed by atoms with Crippen LogP contribution < -0.4 is 9.47 Å². The molecule has 5 nitrogen and oxygen atoms in total. The van der Waals surface area contributed by atoms with Crippen molar-refractivity contribution in [1.29, 1.82) is 0 Å². The third-order valence-corrected chi connectivity index (χ3v) is 3.32. The average molecular weight is 270 g/mol. The molecule has 1 N–H and O–H groups in total. The molecular formula is C15H14N2O3. The highest BCUT2D eigenvalue weighted by Crippen LogP contribution is 2.34. The lowest BCUT2D eigenvalue weighted by molar-refractivity contribution is 0.297. The van der Waals surface area contributed by atoms with Crippen molar-refractivity contribution in [2.24, 2.45) is 0 Å². The molecule has 2 aromatic heterocycles. The van der Waals surface area contributed by atoms with Crippen molar-refractivity contribution in [3.05, 3.63) is 30.0 Å². The summed E-state index contributed by atoms with van der Waals surface area (Å²) < 4.78 is 16.9. The fourth-order valence-corrected chi connectivity index (χ4v) is 2.35. The second kappa shape index (κ2) is 4.30. The van der Waals surface area contributed by atoms with Gasteiger partial charge in [0.15, 0.2) is 23.1 Å². The number of aromatic amines is 1. The lowest BCUT2D eigenvalue weighted by Gasteiger charge is -2.05. The first-order valence-electron chi connectivity index (χ1n) is 6.66. The molecule has 0 bridgehead atoms. The molecular weight excluding hydrogens is 256 g/mol. The van der Waals surface area contributed by atoms with Gasteiger partial charge in [-0.05, 0) is 19.1 Å². The molecule has 1 aliphatic heterocycles. The van der Waals surface area contributed by atoms with Crippen molar-refractivity contribution >= 4 is 11.0 Å². The summed E-state index contributed by atoms with van der Waals surface area (Å²) in [4.78, 5) is 7.81. The Balaban J connectivity index is 1.83. The quantitative estimate of drug-likeness (QED) is 0.737. The van der Waals surface area contributed by atoms with Crippen LogP contribution in [0.2, 0.25) is 0 Å². The topological polar surface area (TPSA) is 60.3 Å². The molecule has 1 aromatic carbocycles. The SMILES string of the molecule is Cc1ccc(-c2nc3cc4c(cc3[nH]2)OCCCO4)o1. The zero-order valence-corrected chi connectivity index (χ0v) is 11.1. The monoisotopic (exact) mass is 270 g/mol. The Morgan fingerprint density at radius 3 is 2.65 bits per heavy atom. The molecule has 0 spiro atoms. The van der Waals surface area contributed by atoms with Crippen LogP contribution in [0.25, 0.3) is 22.6 Å². The molecule has 20 heavy (non-hydrogen) atoms. The Bertz CT molecular complexity index is 730. The summed E-state index contributed by atoms with van der Waals surface area (Å²) in [5, 5.41) is 0. The van der Waals surface area contributed by atoms with Crippen molar-refractivity contribution in [1.82, 2.24) is 9.97 Å². The number of hydrogen-bond acceptors (Lipinski definition) is 4. The number of benzene rings is 1. The van der Waals surface area contributed by atoms with Crippen LogP contribution in [0.4, 0.5) is 0 Å². The highest BCUT2D eigenvalue weighted by Gasteiger charge is 2.15. The number of nitrogens with zero attached hydrogens (tertiary/aromatic N) is 1. The zero-order valence-electron chi connectivity index (χ0n) is 11.1. The Hall–Kier alpha value is -2.43. The van der Waals surface area contributed by atoms with Crippen molar-refractivity contribution in [2.45, 2.75) is 13.3 Å². The summed E-state index contributed by atoms with van der Waals surface area (Å²) in [6.07, 6.45) is 0.896. The number of imidazole rings is 1. The van der Waals surface area contributed by atoms with Gasteiger partial charge in [-0.1, -0.05) is 0 Å². The number of ether oxygens (including phenoxy) is 2. The minimum Gasteiger partial charge on any atom is -0.489 e. The fourth-order valence-electron chi connectivity index (χ4n) is 2.35. The number of aromatic nitrogens is 2. The zero-order chi connectivity index (χ0) is 13.5. The summed E-state index contributed by atoms with van der Waals surface area (Å²) >= 11 is 0. The lowest BCUT2D eigenvalue weighted by atomic mass is 10.3. The van der Waals surface area contributed by atoms with E-state index in [0.29, 0.717) is 19.0 Å². The summed E-state index contributed by atoms with van der Waals surface area (Å²) in [6, 6.07) is 7.67. The molecule has 0 saturated carbocycles. The minimum atomic E-state index is 0.674. The molecule has 1 aliphatic rings. The average Bonchev–Trinajstić information content (AvgIpc) is 2.97. The van der Waals surface area contributed by atoms with E-state index in [4.69, 9.17) is 13.9 Å². The van der Waals surface area contributed by atoms with Crippen LogP contribution in [-0.4, -0.2) is 23.2 Å². The van der Waals surface area contributed by atoms with Gasteiger partial charge in [0.2, 0.25) is 0 Å². The molecule has 0 unspecified atom stereocenters. The molecule has 0 aliphatic carbocycles. The summed E-state index contributed by atoms with van der Waals surface area (Å²) in [6.45, 7) is 3.26. The fraction of sp³-hybridized carbons (Fsp3) is 0.267. The maximum atomic E-state index is 5.68. The number of H-pyrrole nitrogens is 1. The van der Waals surface area contributed by atoms with Gasteiger partial charge in [0.05, 0.1) is 24.2 Å². The van der Waals surface area contributed by atoms with Gasteiger partial charge in [0.25, 0.3) is 0 Å². The number of nitrogens with one attached hydrogen (secondary N) is 1. The van der Waals surface area contributed by atoms with Crippen molar-refractivity contribution in [2.75, 3.05) is 13.2 Å². The van der Waals surface area contributed by atoms with Gasteiger partial charge in [0.1, 0.15) is 5.76 Å². The smallest absolute Gasteiger partial charge is 0.174 e. The van der Waals surface area contributed by atoms with E-state index in [0.717, 1.165) is 40.5 Å². The minimum absolute atomic E-state index is 0.674. The normalized spacial score (nSPS) is 14.4. The van der Waals surface area contributed by atoms with E-state index in [2.05, 4.69) is 9.97 Å². The van der Waals surface area contributed by atoms with E-state index in [9.17, 15) is 0 Å². The number of fused-ring (bicyclic) bond motifs is 2. The van der Waals surface area contributed by atoms with E-state index < -0.39 is 0 Å². The third kappa shape index (κ3) is 1.82. The van der Waals surface area contributed by atoms with Crippen LogP contribution in [0.3, 0.4) is 0 Å². The molecule has 0 fully saturated rings. The molecule has 0 radical (unpaired) electrons.